The van der Waals surface area contributed by atoms with Gasteiger partial charge in [-0.25, -0.2) is 4.99 Å². The van der Waals surface area contributed by atoms with Crippen LogP contribution in [0.25, 0.3) is 0 Å². The number of hydrogen-bond donors (Lipinski definition) is 2. The van der Waals surface area contributed by atoms with Gasteiger partial charge in [-0.2, -0.15) is 0 Å². The maximum absolute atomic E-state index is 12.8. The molecule has 8 heteroatoms. The second-order valence-electron chi connectivity index (χ2n) is 9.72. The zero-order chi connectivity index (χ0) is 22.8. The summed E-state index contributed by atoms with van der Waals surface area (Å²) in [7, 11) is 1.74. The number of fused-ring (bicyclic) bond motifs is 3. The molecule has 2 amide bonds. The third-order valence-electron chi connectivity index (χ3n) is 7.66. The maximum atomic E-state index is 12.8. The highest BCUT2D eigenvalue weighted by Crippen LogP contribution is 2.38. The Bertz CT molecular complexity index is 931. The van der Waals surface area contributed by atoms with Crippen LogP contribution >= 0.6 is 0 Å². The number of aliphatic imine (C=N–C) groups is 1. The first-order chi connectivity index (χ1) is 16.1. The summed E-state index contributed by atoms with van der Waals surface area (Å²) in [6.45, 7) is 2.56. The number of rotatable bonds is 7. The Morgan fingerprint density at radius 1 is 1.24 bits per heavy atom. The minimum Gasteiger partial charge on any atom is -0.491 e. The molecule has 0 spiro atoms. The molecule has 2 N–H and O–H groups in total. The maximum Gasteiger partial charge on any atom is 0.246 e. The number of hydrogen-bond acceptors (Lipinski definition) is 6. The number of likely N-dealkylation sites (tertiary alicyclic amines) is 1. The molecule has 0 aromatic heterocycles. The number of amides is 2. The van der Waals surface area contributed by atoms with E-state index in [1.165, 1.54) is 38.5 Å². The van der Waals surface area contributed by atoms with E-state index in [-0.39, 0.29) is 17.9 Å². The van der Waals surface area contributed by atoms with Gasteiger partial charge in [0.05, 0.1) is 12.6 Å². The average molecular weight is 454 g/mol. The number of carbonyl (C=O) groups excluding carboxylic acids is 2. The highest BCUT2D eigenvalue weighted by molar-refractivity contribution is 6.06. The minimum atomic E-state index is -0.0864. The van der Waals surface area contributed by atoms with Crippen LogP contribution in [0, 0.1) is 5.92 Å². The molecule has 1 aromatic rings. The van der Waals surface area contributed by atoms with Gasteiger partial charge in [0.2, 0.25) is 17.8 Å². The molecule has 178 valence electrons. The van der Waals surface area contributed by atoms with Gasteiger partial charge in [0, 0.05) is 25.2 Å². The van der Waals surface area contributed by atoms with Crippen molar-refractivity contribution in [1.82, 2.24) is 20.4 Å². The quantitative estimate of drug-likeness (QED) is 0.620. The van der Waals surface area contributed by atoms with E-state index in [4.69, 9.17) is 4.74 Å². The standard InChI is InChI=1S/C25H35N5O3/c1-26-24(32)20(30-13-5-9-17-7-2-3-10-19(17)30)11-6-14-33-21-12-4-8-18-15-29-16-22(31)27-25(29)28-23(18)21/h4,8,12,17,19-20H,2-3,5-7,9-11,13-16H2,1H3,(H,26,32)(H,27,28,31). The Balaban J connectivity index is 1.22. The number of nitrogens with zero attached hydrogens (tertiary/aromatic N) is 3. The van der Waals surface area contributed by atoms with Crippen LogP contribution in [0.15, 0.2) is 23.2 Å². The minimum absolute atomic E-state index is 0.0258. The van der Waals surface area contributed by atoms with Crippen molar-refractivity contribution in [2.75, 3.05) is 26.7 Å². The van der Waals surface area contributed by atoms with Gasteiger partial charge < -0.3 is 15.0 Å². The number of benzene rings is 1. The molecular formula is C25H35N5O3. The number of carbonyl (C=O) groups is 2. The molecule has 4 aliphatic rings. The number of piperidine rings is 1. The molecule has 5 rings (SSSR count). The van der Waals surface area contributed by atoms with Crippen LogP contribution in [0.3, 0.4) is 0 Å². The molecule has 1 aromatic carbocycles. The van der Waals surface area contributed by atoms with E-state index < -0.39 is 0 Å². The van der Waals surface area contributed by atoms with Gasteiger partial charge in [0.15, 0.2) is 0 Å². The fraction of sp³-hybridized carbons (Fsp3) is 0.640. The fourth-order valence-electron chi connectivity index (χ4n) is 6.09. The van der Waals surface area contributed by atoms with Crippen molar-refractivity contribution in [2.24, 2.45) is 10.9 Å². The second kappa shape index (κ2) is 9.71. The Kier molecular flexibility index (Phi) is 6.53. The fourth-order valence-corrected chi connectivity index (χ4v) is 6.09. The summed E-state index contributed by atoms with van der Waals surface area (Å²) >= 11 is 0. The number of para-hydroxylation sites is 1. The molecule has 3 atom stereocenters. The summed E-state index contributed by atoms with van der Waals surface area (Å²) in [5, 5.41) is 5.72. The number of ether oxygens (including phenoxy) is 1. The summed E-state index contributed by atoms with van der Waals surface area (Å²) in [4.78, 5) is 33.6. The van der Waals surface area contributed by atoms with E-state index in [9.17, 15) is 9.59 Å². The molecule has 33 heavy (non-hydrogen) atoms. The normalized spacial score (nSPS) is 25.3. The van der Waals surface area contributed by atoms with Gasteiger partial charge >= 0.3 is 0 Å². The predicted molar refractivity (Wildman–Crippen MR) is 126 cm³/mol. The highest BCUT2D eigenvalue weighted by Gasteiger charge is 2.38. The van der Waals surface area contributed by atoms with E-state index in [0.717, 1.165) is 42.3 Å². The van der Waals surface area contributed by atoms with E-state index in [1.54, 1.807) is 7.05 Å². The van der Waals surface area contributed by atoms with E-state index in [0.29, 0.717) is 31.7 Å². The highest BCUT2D eigenvalue weighted by atomic mass is 16.5. The lowest BCUT2D eigenvalue weighted by atomic mass is 9.77. The lowest BCUT2D eigenvalue weighted by Gasteiger charge is -2.47. The van der Waals surface area contributed by atoms with Gasteiger partial charge in [0.1, 0.15) is 18.0 Å². The molecular weight excluding hydrogens is 418 g/mol. The molecule has 8 nitrogen and oxygen atoms in total. The van der Waals surface area contributed by atoms with E-state index >= 15 is 0 Å². The summed E-state index contributed by atoms with van der Waals surface area (Å²) < 4.78 is 6.15. The Labute approximate surface area is 195 Å². The SMILES string of the molecule is CNC(=O)C(CCCOc1cccc2c1N=C1NC(=O)CN1C2)N1CCCC2CCCCC21. The van der Waals surface area contributed by atoms with Crippen LogP contribution in [-0.2, 0) is 16.1 Å². The summed E-state index contributed by atoms with van der Waals surface area (Å²) in [5.74, 6) is 2.20. The molecule has 3 heterocycles. The van der Waals surface area contributed by atoms with Crippen molar-refractivity contribution in [1.29, 1.82) is 0 Å². The first kappa shape index (κ1) is 22.2. The van der Waals surface area contributed by atoms with Crippen molar-refractivity contribution in [3.05, 3.63) is 23.8 Å². The third-order valence-corrected chi connectivity index (χ3v) is 7.66. The van der Waals surface area contributed by atoms with Gasteiger partial charge in [-0.15, -0.1) is 0 Å². The molecule has 3 aliphatic heterocycles. The third kappa shape index (κ3) is 4.58. The van der Waals surface area contributed by atoms with Crippen LogP contribution in [-0.4, -0.2) is 66.4 Å². The summed E-state index contributed by atoms with van der Waals surface area (Å²) in [6, 6.07) is 6.41. The molecule has 3 fully saturated rings. The zero-order valence-electron chi connectivity index (χ0n) is 19.5. The van der Waals surface area contributed by atoms with Crippen molar-refractivity contribution in [2.45, 2.75) is 70.0 Å². The van der Waals surface area contributed by atoms with Gasteiger partial charge in [-0.1, -0.05) is 25.0 Å². The Morgan fingerprint density at radius 2 is 2.09 bits per heavy atom. The molecule has 3 unspecified atom stereocenters. The average Bonchev–Trinajstić information content (AvgIpc) is 3.21. The van der Waals surface area contributed by atoms with E-state index in [2.05, 4.69) is 20.5 Å². The summed E-state index contributed by atoms with van der Waals surface area (Å²) in [5.41, 5.74) is 1.86. The van der Waals surface area contributed by atoms with Crippen LogP contribution in [0.5, 0.6) is 5.75 Å². The van der Waals surface area contributed by atoms with Crippen LogP contribution in [0.1, 0.15) is 56.9 Å². The second-order valence-corrected chi connectivity index (χ2v) is 9.72. The molecule has 0 bridgehead atoms. The summed E-state index contributed by atoms with van der Waals surface area (Å²) in [6.07, 6.45) is 9.23. The first-order valence-electron chi connectivity index (χ1n) is 12.5. The Hall–Kier alpha value is -2.61. The number of likely N-dealkylation sites (N-methyl/N-ethyl adjacent to an activating group) is 1. The zero-order valence-corrected chi connectivity index (χ0v) is 19.5. The molecule has 1 saturated carbocycles. The number of guanidine groups is 1. The van der Waals surface area contributed by atoms with Crippen molar-refractivity contribution in [3.63, 3.8) is 0 Å². The molecule has 0 radical (unpaired) electrons. The predicted octanol–water partition coefficient (Wildman–Crippen LogP) is 2.55. The lowest BCUT2D eigenvalue weighted by molar-refractivity contribution is -0.129. The van der Waals surface area contributed by atoms with Crippen molar-refractivity contribution in [3.8, 4) is 5.75 Å². The number of nitrogens with one attached hydrogen (secondary N) is 2. The smallest absolute Gasteiger partial charge is 0.246 e. The first-order valence-corrected chi connectivity index (χ1v) is 12.5. The van der Waals surface area contributed by atoms with Crippen LogP contribution < -0.4 is 15.4 Å². The van der Waals surface area contributed by atoms with Gasteiger partial charge in [0.25, 0.3) is 0 Å². The van der Waals surface area contributed by atoms with Crippen molar-refractivity contribution < 1.29 is 14.3 Å². The van der Waals surface area contributed by atoms with Crippen LogP contribution in [0.2, 0.25) is 0 Å². The van der Waals surface area contributed by atoms with E-state index in [1.807, 2.05) is 23.1 Å². The van der Waals surface area contributed by atoms with Crippen molar-refractivity contribution >= 4 is 23.5 Å². The lowest BCUT2D eigenvalue weighted by Crippen LogP contribution is -2.56. The van der Waals surface area contributed by atoms with Gasteiger partial charge in [-0.3, -0.25) is 19.8 Å². The van der Waals surface area contributed by atoms with Gasteiger partial charge in [-0.05, 0) is 57.1 Å². The Morgan fingerprint density at radius 3 is 2.97 bits per heavy atom. The molecule has 1 aliphatic carbocycles. The molecule has 2 saturated heterocycles. The van der Waals surface area contributed by atoms with Crippen LogP contribution in [0.4, 0.5) is 5.69 Å². The largest absolute Gasteiger partial charge is 0.491 e. The monoisotopic (exact) mass is 453 g/mol. The topological polar surface area (TPSA) is 86.3 Å².